The van der Waals surface area contributed by atoms with Crippen LogP contribution in [0.4, 0.5) is 0 Å². The molecule has 0 aromatic heterocycles. The van der Waals surface area contributed by atoms with E-state index in [9.17, 15) is 4.79 Å². The number of ether oxygens (including phenoxy) is 1. The minimum absolute atomic E-state index is 0. The lowest BCUT2D eigenvalue weighted by atomic mass is 9.98. The highest BCUT2D eigenvalue weighted by Gasteiger charge is 2.14. The average molecular weight is 159 g/mol. The molecular weight excluding hydrogens is 142 g/mol. The molecule has 0 aliphatic heterocycles. The summed E-state index contributed by atoms with van der Waals surface area (Å²) in [5, 5.41) is 0. The second-order valence-electron chi connectivity index (χ2n) is 2.87. The van der Waals surface area contributed by atoms with Crippen molar-refractivity contribution in [2.75, 3.05) is 0 Å². The van der Waals surface area contributed by atoms with Crippen molar-refractivity contribution in [3.05, 3.63) is 0 Å². The standard InChI is InChI=1S/C8H14O2.H3N/c1-7(9)10-8-5-3-2-4-6-8;/h8H,2-6H2,1H3;1H3. The molecule has 0 radical (unpaired) electrons. The van der Waals surface area contributed by atoms with Gasteiger partial charge in [-0.25, -0.2) is 0 Å². The van der Waals surface area contributed by atoms with Gasteiger partial charge < -0.3 is 10.9 Å². The normalized spacial score (nSPS) is 18.6. The lowest BCUT2D eigenvalue weighted by molar-refractivity contribution is -0.147. The van der Waals surface area contributed by atoms with E-state index < -0.39 is 0 Å². The summed E-state index contributed by atoms with van der Waals surface area (Å²) < 4.78 is 5.05. The molecule has 66 valence electrons. The van der Waals surface area contributed by atoms with Crippen molar-refractivity contribution in [3.63, 3.8) is 0 Å². The largest absolute Gasteiger partial charge is 0.463 e. The second-order valence-corrected chi connectivity index (χ2v) is 2.87. The highest BCUT2D eigenvalue weighted by atomic mass is 16.5. The molecule has 3 heteroatoms. The van der Waals surface area contributed by atoms with E-state index in [0.29, 0.717) is 0 Å². The van der Waals surface area contributed by atoms with Crippen LogP contribution in [0.25, 0.3) is 0 Å². The van der Waals surface area contributed by atoms with Gasteiger partial charge in [-0.2, -0.15) is 0 Å². The molecule has 1 saturated carbocycles. The molecule has 0 saturated heterocycles. The van der Waals surface area contributed by atoms with Crippen LogP contribution in [-0.4, -0.2) is 12.1 Å². The SMILES string of the molecule is CC(=O)OC1CCCCC1.N. The minimum atomic E-state index is -0.132. The third-order valence-corrected chi connectivity index (χ3v) is 1.88. The van der Waals surface area contributed by atoms with Gasteiger partial charge in [-0.1, -0.05) is 6.42 Å². The van der Waals surface area contributed by atoms with Gasteiger partial charge in [0.2, 0.25) is 0 Å². The first-order valence-corrected chi connectivity index (χ1v) is 3.96. The van der Waals surface area contributed by atoms with E-state index >= 15 is 0 Å². The Kier molecular flexibility index (Phi) is 4.86. The minimum Gasteiger partial charge on any atom is -0.463 e. The molecule has 0 unspecified atom stereocenters. The van der Waals surface area contributed by atoms with Crippen molar-refractivity contribution in [1.29, 1.82) is 0 Å². The van der Waals surface area contributed by atoms with Gasteiger partial charge in [-0.05, 0) is 25.7 Å². The molecule has 3 N–H and O–H groups in total. The zero-order chi connectivity index (χ0) is 7.40. The first kappa shape index (κ1) is 10.4. The number of esters is 1. The van der Waals surface area contributed by atoms with Gasteiger partial charge in [0, 0.05) is 6.92 Å². The van der Waals surface area contributed by atoms with Crippen LogP contribution in [0.3, 0.4) is 0 Å². The molecule has 1 fully saturated rings. The fraction of sp³-hybridized carbons (Fsp3) is 0.875. The quantitative estimate of drug-likeness (QED) is 0.595. The van der Waals surface area contributed by atoms with Gasteiger partial charge in [0.05, 0.1) is 0 Å². The first-order chi connectivity index (χ1) is 4.79. The number of hydrogen-bond donors (Lipinski definition) is 1. The second kappa shape index (κ2) is 5.13. The van der Waals surface area contributed by atoms with Gasteiger partial charge in [-0.3, -0.25) is 4.79 Å². The maximum absolute atomic E-state index is 10.5. The summed E-state index contributed by atoms with van der Waals surface area (Å²) in [7, 11) is 0. The predicted molar refractivity (Wildman–Crippen MR) is 43.7 cm³/mol. The molecule has 0 heterocycles. The van der Waals surface area contributed by atoms with Crippen molar-refractivity contribution in [3.8, 4) is 0 Å². The highest BCUT2D eigenvalue weighted by molar-refractivity contribution is 5.66. The molecule has 0 aromatic carbocycles. The zero-order valence-corrected chi connectivity index (χ0v) is 7.14. The molecule has 1 aliphatic carbocycles. The summed E-state index contributed by atoms with van der Waals surface area (Å²) in [5.41, 5.74) is 0. The summed E-state index contributed by atoms with van der Waals surface area (Å²) in [6, 6.07) is 0. The molecule has 0 spiro atoms. The zero-order valence-electron chi connectivity index (χ0n) is 7.14. The summed E-state index contributed by atoms with van der Waals surface area (Å²) in [5.74, 6) is -0.132. The van der Waals surface area contributed by atoms with Crippen molar-refractivity contribution < 1.29 is 9.53 Å². The lowest BCUT2D eigenvalue weighted by Crippen LogP contribution is -2.18. The number of carbonyl (C=O) groups excluding carboxylic acids is 1. The van der Waals surface area contributed by atoms with E-state index in [1.54, 1.807) is 0 Å². The molecule has 3 nitrogen and oxygen atoms in total. The maximum atomic E-state index is 10.5. The molecular formula is C8H17NO2. The van der Waals surface area contributed by atoms with Crippen molar-refractivity contribution in [2.45, 2.75) is 45.1 Å². The molecule has 11 heavy (non-hydrogen) atoms. The summed E-state index contributed by atoms with van der Waals surface area (Å²) in [6.07, 6.45) is 6.11. The van der Waals surface area contributed by atoms with Crippen LogP contribution in [0.5, 0.6) is 0 Å². The Morgan fingerprint density at radius 1 is 1.27 bits per heavy atom. The van der Waals surface area contributed by atoms with E-state index in [0.717, 1.165) is 12.8 Å². The Morgan fingerprint density at radius 2 is 1.82 bits per heavy atom. The topological polar surface area (TPSA) is 61.3 Å². The van der Waals surface area contributed by atoms with Crippen molar-refractivity contribution in [1.82, 2.24) is 6.15 Å². The molecule has 0 amide bonds. The summed E-state index contributed by atoms with van der Waals surface area (Å²) in [6.45, 7) is 1.48. The van der Waals surface area contributed by atoms with Crippen LogP contribution < -0.4 is 6.15 Å². The highest BCUT2D eigenvalue weighted by Crippen LogP contribution is 2.19. The average Bonchev–Trinajstić information content (AvgIpc) is 1.88. The van der Waals surface area contributed by atoms with Gasteiger partial charge >= 0.3 is 5.97 Å². The Labute approximate surface area is 67.7 Å². The Bertz CT molecular complexity index is 119. The molecule has 0 atom stereocenters. The van der Waals surface area contributed by atoms with Crippen molar-refractivity contribution >= 4 is 5.97 Å². The van der Waals surface area contributed by atoms with Crippen LogP contribution >= 0.6 is 0 Å². The van der Waals surface area contributed by atoms with E-state index in [4.69, 9.17) is 4.74 Å². The molecule has 0 bridgehead atoms. The van der Waals surface area contributed by atoms with Gasteiger partial charge in [0.1, 0.15) is 6.10 Å². The fourth-order valence-corrected chi connectivity index (χ4v) is 1.42. The third kappa shape index (κ3) is 3.98. The maximum Gasteiger partial charge on any atom is 0.302 e. The monoisotopic (exact) mass is 159 g/mol. The molecule has 0 aromatic rings. The van der Waals surface area contributed by atoms with Crippen LogP contribution in [0.1, 0.15) is 39.0 Å². The van der Waals surface area contributed by atoms with Crippen LogP contribution in [0.2, 0.25) is 0 Å². The van der Waals surface area contributed by atoms with E-state index in [-0.39, 0.29) is 18.2 Å². The van der Waals surface area contributed by atoms with Gasteiger partial charge in [0.25, 0.3) is 0 Å². The summed E-state index contributed by atoms with van der Waals surface area (Å²) >= 11 is 0. The van der Waals surface area contributed by atoms with Crippen LogP contribution in [0, 0.1) is 0 Å². The number of carbonyl (C=O) groups is 1. The molecule has 1 aliphatic rings. The van der Waals surface area contributed by atoms with E-state index in [2.05, 4.69) is 0 Å². The summed E-state index contributed by atoms with van der Waals surface area (Å²) in [4.78, 5) is 10.5. The van der Waals surface area contributed by atoms with E-state index in [1.807, 2.05) is 0 Å². The first-order valence-electron chi connectivity index (χ1n) is 3.96. The predicted octanol–water partition coefficient (Wildman–Crippen LogP) is 2.04. The molecule has 1 rings (SSSR count). The third-order valence-electron chi connectivity index (χ3n) is 1.88. The Balaban J connectivity index is 0.000001000. The fourth-order valence-electron chi connectivity index (χ4n) is 1.42. The van der Waals surface area contributed by atoms with Gasteiger partial charge in [0.15, 0.2) is 0 Å². The van der Waals surface area contributed by atoms with Crippen LogP contribution in [0.15, 0.2) is 0 Å². The Morgan fingerprint density at radius 3 is 2.27 bits per heavy atom. The number of rotatable bonds is 1. The smallest absolute Gasteiger partial charge is 0.302 e. The van der Waals surface area contributed by atoms with Crippen molar-refractivity contribution in [2.24, 2.45) is 0 Å². The van der Waals surface area contributed by atoms with E-state index in [1.165, 1.54) is 26.2 Å². The Hall–Kier alpha value is -0.570. The number of hydrogen-bond acceptors (Lipinski definition) is 3. The van der Waals surface area contributed by atoms with Gasteiger partial charge in [-0.15, -0.1) is 0 Å². The lowest BCUT2D eigenvalue weighted by Gasteiger charge is -2.20. The van der Waals surface area contributed by atoms with Crippen LogP contribution in [-0.2, 0) is 9.53 Å².